The molecule has 0 saturated carbocycles. The minimum Gasteiger partial charge on any atom is -0.444 e. The number of para-hydroxylation sites is 1. The molecule has 2 unspecified atom stereocenters. The van der Waals surface area contributed by atoms with Crippen LogP contribution in [-0.2, 0) is 19.1 Å². The van der Waals surface area contributed by atoms with Crippen LogP contribution in [0.25, 0.3) is 0 Å². The SMILES string of the molecule is CCCCCN(C(=O)C(CC(N)=O)NC(=O)OC(C)(C)C)C(C(=O)Nc1ccccc1C)c1cc(C)cc(C)c1. The first-order valence-electron chi connectivity index (χ1n) is 13.7. The van der Waals surface area contributed by atoms with E-state index in [1.807, 2.05) is 64.1 Å². The maximum Gasteiger partial charge on any atom is 0.408 e. The summed E-state index contributed by atoms with van der Waals surface area (Å²) in [6, 6.07) is 10.8. The van der Waals surface area contributed by atoms with Gasteiger partial charge in [0, 0.05) is 12.2 Å². The van der Waals surface area contributed by atoms with Crippen molar-refractivity contribution < 1.29 is 23.9 Å². The molecule has 4 amide bonds. The molecular formula is C31H44N4O5. The number of ether oxygens (including phenoxy) is 1. The van der Waals surface area contributed by atoms with Gasteiger partial charge in [-0.15, -0.1) is 0 Å². The van der Waals surface area contributed by atoms with Crippen molar-refractivity contribution in [2.24, 2.45) is 5.73 Å². The Morgan fingerprint density at radius 1 is 0.975 bits per heavy atom. The fourth-order valence-corrected chi connectivity index (χ4v) is 4.50. The van der Waals surface area contributed by atoms with Crippen LogP contribution in [0.5, 0.6) is 0 Å². The molecule has 0 saturated heterocycles. The summed E-state index contributed by atoms with van der Waals surface area (Å²) in [6.45, 7) is 13.1. The van der Waals surface area contributed by atoms with Crippen LogP contribution in [-0.4, -0.2) is 46.9 Å². The summed E-state index contributed by atoms with van der Waals surface area (Å²) in [5.41, 5.74) is 8.66. The molecule has 2 rings (SSSR count). The van der Waals surface area contributed by atoms with E-state index in [2.05, 4.69) is 10.6 Å². The molecule has 0 fully saturated rings. The van der Waals surface area contributed by atoms with Gasteiger partial charge in [-0.2, -0.15) is 0 Å². The van der Waals surface area contributed by atoms with Gasteiger partial charge in [0.05, 0.1) is 6.42 Å². The number of alkyl carbamates (subject to hydrolysis) is 1. The first-order valence-corrected chi connectivity index (χ1v) is 13.7. The minimum atomic E-state index is -1.31. The molecule has 4 N–H and O–H groups in total. The average molecular weight is 553 g/mol. The van der Waals surface area contributed by atoms with Crippen molar-refractivity contribution in [1.29, 1.82) is 0 Å². The van der Waals surface area contributed by atoms with Crippen molar-refractivity contribution >= 4 is 29.5 Å². The normalized spacial score (nSPS) is 12.7. The van der Waals surface area contributed by atoms with Gasteiger partial charge in [-0.1, -0.05) is 67.3 Å². The molecule has 2 aromatic rings. The molecular weight excluding hydrogens is 508 g/mol. The molecule has 0 aliphatic rings. The van der Waals surface area contributed by atoms with E-state index in [4.69, 9.17) is 10.5 Å². The molecule has 0 aliphatic heterocycles. The number of carbonyl (C=O) groups is 4. The summed E-state index contributed by atoms with van der Waals surface area (Å²) in [5.74, 6) is -1.76. The zero-order valence-electron chi connectivity index (χ0n) is 24.8. The van der Waals surface area contributed by atoms with Crippen LogP contribution in [0.3, 0.4) is 0 Å². The number of nitrogens with two attached hydrogens (primary N) is 1. The summed E-state index contributed by atoms with van der Waals surface area (Å²) >= 11 is 0. The fraction of sp³-hybridized carbons (Fsp3) is 0.484. The Morgan fingerprint density at radius 3 is 2.15 bits per heavy atom. The number of hydrogen-bond acceptors (Lipinski definition) is 5. The topological polar surface area (TPSA) is 131 Å². The standard InChI is InChI=1S/C31H44N4O5/c1-8-9-12-15-35(29(38)25(19-26(32)36)34-30(39)40-31(5,6)7)27(23-17-20(2)16-21(3)18-23)28(37)33-24-14-11-10-13-22(24)4/h10-11,13-14,16-18,25,27H,8-9,12,15,19H2,1-7H3,(H2,32,36)(H,33,37)(H,34,39). The number of unbranched alkanes of at least 4 members (excludes halogenated alkanes) is 2. The monoisotopic (exact) mass is 552 g/mol. The maximum atomic E-state index is 14.2. The smallest absolute Gasteiger partial charge is 0.408 e. The maximum absolute atomic E-state index is 14.2. The van der Waals surface area contributed by atoms with Crippen LogP contribution in [0, 0.1) is 20.8 Å². The van der Waals surface area contributed by atoms with E-state index < -0.39 is 47.9 Å². The van der Waals surface area contributed by atoms with Gasteiger partial charge in [0.1, 0.15) is 17.7 Å². The second-order valence-corrected chi connectivity index (χ2v) is 11.2. The zero-order valence-corrected chi connectivity index (χ0v) is 24.8. The largest absolute Gasteiger partial charge is 0.444 e. The van der Waals surface area contributed by atoms with Crippen LogP contribution in [0.2, 0.25) is 0 Å². The van der Waals surface area contributed by atoms with Gasteiger partial charge in [0.2, 0.25) is 11.8 Å². The number of primary amides is 1. The Bertz CT molecular complexity index is 1180. The Labute approximate surface area is 237 Å². The van der Waals surface area contributed by atoms with Crippen LogP contribution >= 0.6 is 0 Å². The van der Waals surface area contributed by atoms with Crippen LogP contribution < -0.4 is 16.4 Å². The number of aryl methyl sites for hydroxylation is 3. The van der Waals surface area contributed by atoms with E-state index in [0.717, 1.165) is 29.5 Å². The van der Waals surface area contributed by atoms with Gasteiger partial charge in [-0.25, -0.2) is 4.79 Å². The number of benzene rings is 2. The van der Waals surface area contributed by atoms with Crippen molar-refractivity contribution in [3.8, 4) is 0 Å². The quantitative estimate of drug-likeness (QED) is 0.316. The number of nitrogens with one attached hydrogen (secondary N) is 2. The highest BCUT2D eigenvalue weighted by Gasteiger charge is 2.37. The summed E-state index contributed by atoms with van der Waals surface area (Å²) in [6.07, 6.45) is 1.04. The fourth-order valence-electron chi connectivity index (χ4n) is 4.50. The lowest BCUT2D eigenvalue weighted by Gasteiger charge is -2.34. The van der Waals surface area contributed by atoms with Crippen LogP contribution in [0.15, 0.2) is 42.5 Å². The molecule has 0 aromatic heterocycles. The highest BCUT2D eigenvalue weighted by molar-refractivity contribution is 6.00. The molecule has 2 aromatic carbocycles. The summed E-state index contributed by atoms with van der Waals surface area (Å²) in [4.78, 5) is 54.2. The van der Waals surface area contributed by atoms with E-state index >= 15 is 0 Å². The van der Waals surface area contributed by atoms with E-state index in [9.17, 15) is 19.2 Å². The van der Waals surface area contributed by atoms with E-state index in [-0.39, 0.29) is 6.54 Å². The Balaban J connectivity index is 2.60. The van der Waals surface area contributed by atoms with Crippen molar-refractivity contribution in [3.63, 3.8) is 0 Å². The molecule has 0 bridgehead atoms. The lowest BCUT2D eigenvalue weighted by molar-refractivity contribution is -0.142. The van der Waals surface area contributed by atoms with Crippen molar-refractivity contribution in [1.82, 2.24) is 10.2 Å². The van der Waals surface area contributed by atoms with E-state index in [0.29, 0.717) is 17.7 Å². The van der Waals surface area contributed by atoms with Gasteiger partial charge < -0.3 is 26.0 Å². The van der Waals surface area contributed by atoms with Crippen LogP contribution in [0.1, 0.15) is 81.7 Å². The lowest BCUT2D eigenvalue weighted by atomic mass is 9.97. The number of nitrogens with zero attached hydrogens (tertiary/aromatic N) is 1. The third-order valence-corrected chi connectivity index (χ3v) is 6.20. The Hall–Kier alpha value is -3.88. The first kappa shape index (κ1) is 32.3. The second-order valence-electron chi connectivity index (χ2n) is 11.2. The second kappa shape index (κ2) is 14.5. The molecule has 0 spiro atoms. The van der Waals surface area contributed by atoms with E-state index in [1.165, 1.54) is 4.90 Å². The molecule has 0 radical (unpaired) electrons. The molecule has 0 aliphatic carbocycles. The highest BCUT2D eigenvalue weighted by Crippen LogP contribution is 2.28. The molecule has 2 atom stereocenters. The van der Waals surface area contributed by atoms with Gasteiger partial charge in [0.15, 0.2) is 0 Å². The lowest BCUT2D eigenvalue weighted by Crippen LogP contribution is -2.53. The molecule has 9 heteroatoms. The predicted octanol–water partition coefficient (Wildman–Crippen LogP) is 5.08. The summed E-state index contributed by atoms with van der Waals surface area (Å²) in [5, 5.41) is 5.51. The van der Waals surface area contributed by atoms with E-state index in [1.54, 1.807) is 26.8 Å². The van der Waals surface area contributed by atoms with Crippen LogP contribution in [0.4, 0.5) is 10.5 Å². The third kappa shape index (κ3) is 10.0. The Morgan fingerprint density at radius 2 is 1.60 bits per heavy atom. The minimum absolute atomic E-state index is 0.233. The number of anilines is 1. The molecule has 9 nitrogen and oxygen atoms in total. The number of hydrogen-bond donors (Lipinski definition) is 3. The van der Waals surface area contributed by atoms with Gasteiger partial charge >= 0.3 is 6.09 Å². The van der Waals surface area contributed by atoms with Gasteiger partial charge in [0.25, 0.3) is 5.91 Å². The van der Waals surface area contributed by atoms with Gasteiger partial charge in [-0.05, 0) is 65.2 Å². The highest BCUT2D eigenvalue weighted by atomic mass is 16.6. The summed E-state index contributed by atoms with van der Waals surface area (Å²) < 4.78 is 5.34. The third-order valence-electron chi connectivity index (χ3n) is 6.20. The van der Waals surface area contributed by atoms with Gasteiger partial charge in [-0.3, -0.25) is 14.4 Å². The molecule has 0 heterocycles. The number of rotatable bonds is 12. The predicted molar refractivity (Wildman–Crippen MR) is 157 cm³/mol. The van der Waals surface area contributed by atoms with Crippen molar-refractivity contribution in [2.45, 2.75) is 91.8 Å². The number of amides is 4. The molecule has 40 heavy (non-hydrogen) atoms. The first-order chi connectivity index (χ1) is 18.7. The average Bonchev–Trinajstić information content (AvgIpc) is 2.82. The summed E-state index contributed by atoms with van der Waals surface area (Å²) in [7, 11) is 0. The Kier molecular flexibility index (Phi) is 11.7. The van der Waals surface area contributed by atoms with Crippen molar-refractivity contribution in [2.75, 3.05) is 11.9 Å². The van der Waals surface area contributed by atoms with Crippen molar-refractivity contribution in [3.05, 3.63) is 64.7 Å². The molecule has 218 valence electrons. The number of carbonyl (C=O) groups excluding carboxylic acids is 4. The zero-order chi connectivity index (χ0) is 30.0.